The molecular weight excluding hydrogens is 872 g/mol. The number of aromatic nitrogens is 2. The van der Waals surface area contributed by atoms with Crippen molar-refractivity contribution in [1.82, 2.24) is 29.0 Å². The standard InChI is InChI=1S/C44H48F3N9O8S/c1-3-53(2)65(61,62)52-33-7-6-31(45)41(30(33)22-48)64-36-10-8-34-39(40(36)47)43(60)56(25-49-34)28-21-44(63-24-28)14-18-55(19-15-44)38(58)23-54-16-12-26(13-17-54)29-5-4-27(20-32(29)46)50-35-9-11-37(57)51-42(35)59/h4-8,10,20,25-26,28,35,50,52H,3,9,11-19,21,23-24H2,1-2H3,(H,51,57,59). The summed E-state index contributed by atoms with van der Waals surface area (Å²) in [4.78, 5) is 59.2. The second-order valence-corrected chi connectivity index (χ2v) is 18.7. The molecule has 8 rings (SSSR count). The van der Waals surface area contributed by atoms with E-state index in [1.807, 2.05) is 0 Å². The first kappa shape index (κ1) is 45.5. The SMILES string of the molecule is CCN(C)S(=O)(=O)Nc1ccc(F)c(Oc2ccc3ncn(C4COC5(CCN(C(=O)CN6CCC(c7ccc(NC8CCC(=O)NC8=O)cc7F)CC6)CC5)C4)c(=O)c3c2F)c1C#N. The monoisotopic (exact) mass is 919 g/mol. The van der Waals surface area contributed by atoms with Crippen molar-refractivity contribution in [1.29, 1.82) is 5.26 Å². The van der Waals surface area contributed by atoms with Gasteiger partial charge in [0.15, 0.2) is 23.1 Å². The predicted octanol–water partition coefficient (Wildman–Crippen LogP) is 4.51. The molecule has 4 saturated heterocycles. The van der Waals surface area contributed by atoms with Crippen LogP contribution < -0.4 is 25.7 Å². The van der Waals surface area contributed by atoms with Gasteiger partial charge in [0.2, 0.25) is 17.7 Å². The molecule has 3 N–H and O–H groups in total. The van der Waals surface area contributed by atoms with Crippen LogP contribution in [0.2, 0.25) is 0 Å². The van der Waals surface area contributed by atoms with E-state index in [4.69, 9.17) is 9.47 Å². The Balaban J connectivity index is 0.862. The third-order valence-electron chi connectivity index (χ3n) is 13.0. The predicted molar refractivity (Wildman–Crippen MR) is 231 cm³/mol. The summed E-state index contributed by atoms with van der Waals surface area (Å²) in [5.41, 5.74) is -1.13. The van der Waals surface area contributed by atoms with E-state index in [1.165, 1.54) is 30.1 Å². The number of nitrogens with zero attached hydrogens (tertiary/aromatic N) is 6. The average Bonchev–Trinajstić information content (AvgIpc) is 3.69. The molecule has 4 aliphatic rings. The van der Waals surface area contributed by atoms with Gasteiger partial charge in [-0.25, -0.2) is 18.2 Å². The van der Waals surface area contributed by atoms with E-state index in [1.54, 1.807) is 30.0 Å². The third kappa shape index (κ3) is 9.38. The number of piperidine rings is 3. The molecule has 3 amide bonds. The fourth-order valence-corrected chi connectivity index (χ4v) is 9.98. The van der Waals surface area contributed by atoms with Crippen molar-refractivity contribution in [3.8, 4) is 17.6 Å². The lowest BCUT2D eigenvalue weighted by Crippen LogP contribution is -2.50. The summed E-state index contributed by atoms with van der Waals surface area (Å²) in [6, 6.07) is 9.82. The number of likely N-dealkylation sites (tertiary alicyclic amines) is 2. The van der Waals surface area contributed by atoms with Gasteiger partial charge in [-0.2, -0.15) is 18.0 Å². The molecule has 65 heavy (non-hydrogen) atoms. The van der Waals surface area contributed by atoms with Crippen molar-refractivity contribution >= 4 is 50.2 Å². The summed E-state index contributed by atoms with van der Waals surface area (Å²) in [5, 5.41) is 14.8. The maximum absolute atomic E-state index is 16.2. The van der Waals surface area contributed by atoms with Gasteiger partial charge in [-0.3, -0.25) is 38.7 Å². The minimum absolute atomic E-state index is 0.00766. The zero-order valence-electron chi connectivity index (χ0n) is 35.7. The van der Waals surface area contributed by atoms with Gasteiger partial charge >= 0.3 is 10.2 Å². The molecule has 4 aliphatic heterocycles. The number of hydrogen-bond donors (Lipinski definition) is 3. The Morgan fingerprint density at radius 1 is 1.05 bits per heavy atom. The van der Waals surface area contributed by atoms with Crippen LogP contribution in [0.15, 0.2) is 53.6 Å². The van der Waals surface area contributed by atoms with E-state index >= 15 is 13.2 Å². The maximum Gasteiger partial charge on any atom is 0.301 e. The van der Waals surface area contributed by atoms with Crippen molar-refractivity contribution in [2.24, 2.45) is 0 Å². The van der Waals surface area contributed by atoms with Crippen LogP contribution in [0.4, 0.5) is 24.5 Å². The Kier molecular flexibility index (Phi) is 12.9. The van der Waals surface area contributed by atoms with E-state index < -0.39 is 73.4 Å². The van der Waals surface area contributed by atoms with Crippen LogP contribution in [0.5, 0.6) is 11.5 Å². The minimum Gasteiger partial charge on any atom is -0.450 e. The lowest BCUT2D eigenvalue weighted by Gasteiger charge is -2.40. The number of carbonyl (C=O) groups is 3. The Morgan fingerprint density at radius 3 is 2.49 bits per heavy atom. The summed E-state index contributed by atoms with van der Waals surface area (Å²) in [6.45, 7) is 4.16. The van der Waals surface area contributed by atoms with Crippen LogP contribution in [-0.2, 0) is 29.3 Å². The van der Waals surface area contributed by atoms with Crippen LogP contribution in [0.1, 0.15) is 75.0 Å². The van der Waals surface area contributed by atoms with Crippen molar-refractivity contribution in [2.45, 2.75) is 75.5 Å². The van der Waals surface area contributed by atoms with E-state index in [0.717, 1.165) is 22.5 Å². The van der Waals surface area contributed by atoms with Gasteiger partial charge in [-0.1, -0.05) is 13.0 Å². The number of imide groups is 1. The molecule has 4 aromatic rings. The molecule has 5 heterocycles. The number of nitriles is 1. The Morgan fingerprint density at radius 2 is 1.80 bits per heavy atom. The van der Waals surface area contributed by atoms with Crippen molar-refractivity contribution in [3.63, 3.8) is 0 Å². The number of hydrogen-bond acceptors (Lipinski definition) is 12. The fraction of sp³-hybridized carbons (Fsp3) is 0.455. The number of ether oxygens (including phenoxy) is 2. The highest BCUT2D eigenvalue weighted by Gasteiger charge is 2.44. The zero-order chi connectivity index (χ0) is 46.2. The van der Waals surface area contributed by atoms with Crippen LogP contribution in [0.25, 0.3) is 10.9 Å². The van der Waals surface area contributed by atoms with Crippen LogP contribution in [-0.4, -0.2) is 114 Å². The molecule has 17 nitrogen and oxygen atoms in total. The largest absolute Gasteiger partial charge is 0.450 e. The van der Waals surface area contributed by atoms with Gasteiger partial charge in [-0.05, 0) is 99.5 Å². The van der Waals surface area contributed by atoms with E-state index in [0.29, 0.717) is 76.0 Å². The second-order valence-electron chi connectivity index (χ2n) is 16.9. The first-order chi connectivity index (χ1) is 31.1. The number of anilines is 2. The Labute approximate surface area is 372 Å². The fourth-order valence-electron chi connectivity index (χ4n) is 9.04. The summed E-state index contributed by atoms with van der Waals surface area (Å²) in [5.74, 6) is -4.72. The topological polar surface area (TPSA) is 208 Å². The van der Waals surface area contributed by atoms with Gasteiger partial charge < -0.3 is 19.7 Å². The number of nitrogens with one attached hydrogen (secondary N) is 3. The second kappa shape index (κ2) is 18.4. The smallest absolute Gasteiger partial charge is 0.301 e. The normalized spacial score (nSPS) is 20.5. The van der Waals surface area contributed by atoms with Crippen LogP contribution >= 0.6 is 0 Å². The molecule has 0 radical (unpaired) electrons. The summed E-state index contributed by atoms with van der Waals surface area (Å²) in [6.07, 6.45) is 4.65. The van der Waals surface area contributed by atoms with Gasteiger partial charge in [0.25, 0.3) is 5.56 Å². The summed E-state index contributed by atoms with van der Waals surface area (Å²) >= 11 is 0. The molecular formula is C44H48F3N9O8S. The molecule has 4 fully saturated rings. The number of carbonyl (C=O) groups excluding carboxylic acids is 3. The van der Waals surface area contributed by atoms with Crippen molar-refractivity contribution in [3.05, 3.63) is 87.7 Å². The first-order valence-electron chi connectivity index (χ1n) is 21.5. The van der Waals surface area contributed by atoms with Crippen LogP contribution in [0.3, 0.4) is 0 Å². The molecule has 1 aromatic heterocycles. The first-order valence-corrected chi connectivity index (χ1v) is 22.9. The lowest BCUT2D eigenvalue weighted by molar-refractivity contribution is -0.137. The number of amides is 3. The van der Waals surface area contributed by atoms with Crippen LogP contribution in [0, 0.1) is 28.8 Å². The molecule has 344 valence electrons. The number of benzene rings is 3. The Hall–Kier alpha value is -6.08. The Bertz CT molecular complexity index is 2750. The molecule has 2 unspecified atom stereocenters. The molecule has 3 aromatic carbocycles. The van der Waals surface area contributed by atoms with Gasteiger partial charge in [0, 0.05) is 38.8 Å². The van der Waals surface area contributed by atoms with Gasteiger partial charge in [0.1, 0.15) is 28.9 Å². The average molecular weight is 920 g/mol. The van der Waals surface area contributed by atoms with Crippen molar-refractivity contribution in [2.75, 3.05) is 63.0 Å². The van der Waals surface area contributed by atoms with Crippen molar-refractivity contribution < 1.29 is 45.4 Å². The quantitative estimate of drug-likeness (QED) is 0.168. The maximum atomic E-state index is 16.2. The van der Waals surface area contributed by atoms with Gasteiger partial charge in [0.05, 0.1) is 42.3 Å². The lowest BCUT2D eigenvalue weighted by atomic mass is 9.87. The number of rotatable bonds is 12. The molecule has 2 atom stereocenters. The number of fused-ring (bicyclic) bond motifs is 1. The molecule has 1 spiro atoms. The molecule has 21 heteroatoms. The van der Waals surface area contributed by atoms with E-state index in [9.17, 15) is 32.9 Å². The summed E-state index contributed by atoms with van der Waals surface area (Å²) < 4.78 is 88.3. The van der Waals surface area contributed by atoms with E-state index in [2.05, 4.69) is 25.2 Å². The summed E-state index contributed by atoms with van der Waals surface area (Å²) in [7, 11) is -2.81. The molecule has 0 bridgehead atoms. The molecule has 0 aliphatic carbocycles. The number of halogens is 3. The zero-order valence-corrected chi connectivity index (χ0v) is 36.6. The highest BCUT2D eigenvalue weighted by Crippen LogP contribution is 2.41. The minimum atomic E-state index is -4.12. The highest BCUT2D eigenvalue weighted by molar-refractivity contribution is 7.90. The third-order valence-corrected chi connectivity index (χ3v) is 14.5. The highest BCUT2D eigenvalue weighted by atomic mass is 32.2. The molecule has 0 saturated carbocycles. The van der Waals surface area contributed by atoms with E-state index in [-0.39, 0.29) is 60.9 Å². The van der Waals surface area contributed by atoms with Gasteiger partial charge in [-0.15, -0.1) is 0 Å².